The molecule has 0 aliphatic carbocycles. The first kappa shape index (κ1) is 37.5. The lowest BCUT2D eigenvalue weighted by Gasteiger charge is -2.38. The Labute approximate surface area is 308 Å². The van der Waals surface area contributed by atoms with Crippen molar-refractivity contribution in [3.05, 3.63) is 40.9 Å². The third-order valence-electron chi connectivity index (χ3n) is 10.7. The first-order valence-corrected chi connectivity index (χ1v) is 21.9. The van der Waals surface area contributed by atoms with E-state index in [2.05, 4.69) is 57.8 Å². The number of hydrogen-bond donors (Lipinski definition) is 0. The summed E-state index contributed by atoms with van der Waals surface area (Å²) in [5.74, 6) is 0.669. The van der Waals surface area contributed by atoms with Crippen LogP contribution in [0.5, 0.6) is 5.75 Å². The number of nitrogens with zero attached hydrogens (tertiary/aromatic N) is 4. The molecule has 0 bridgehead atoms. The van der Waals surface area contributed by atoms with Crippen LogP contribution in [-0.4, -0.2) is 80.7 Å². The lowest BCUT2D eigenvalue weighted by Crippen LogP contribution is -2.50. The number of fused-ring (bicyclic) bond motifs is 2. The lowest BCUT2D eigenvalue weighted by atomic mass is 9.95. The van der Waals surface area contributed by atoms with E-state index in [4.69, 9.17) is 28.4 Å². The average Bonchev–Trinajstić information content (AvgIpc) is 3.66. The van der Waals surface area contributed by atoms with Gasteiger partial charge < -0.3 is 28.3 Å². The summed E-state index contributed by atoms with van der Waals surface area (Å²) in [6, 6.07) is 10.3. The van der Waals surface area contributed by atoms with Crippen LogP contribution < -0.4 is 9.64 Å². The second kappa shape index (κ2) is 14.3. The number of ether oxygens (including phenoxy) is 4. The van der Waals surface area contributed by atoms with E-state index < -0.39 is 19.5 Å². The van der Waals surface area contributed by atoms with Crippen molar-refractivity contribution in [2.24, 2.45) is 0 Å². The Hall–Kier alpha value is -3.21. The number of rotatable bonds is 8. The van der Waals surface area contributed by atoms with Crippen LogP contribution in [0, 0.1) is 11.3 Å². The highest BCUT2D eigenvalue weighted by molar-refractivity contribution is 7.19. The fourth-order valence-corrected chi connectivity index (χ4v) is 9.05. The number of carbonyl (C=O) groups is 1. The number of benzene rings is 1. The number of nitriles is 1. The number of likely N-dealkylation sites (tertiary alicyclic amines) is 1. The molecule has 3 unspecified atom stereocenters. The third-order valence-corrected chi connectivity index (χ3v) is 16.3. The smallest absolute Gasteiger partial charge is 0.410 e. The fourth-order valence-electron chi connectivity index (χ4n) is 6.94. The SMILES string of the molecule is CC(C)(C)OC(=O)N1CC(N2CCOc3cc(C#N)cc(-c4ccnc5cc(CO[Si](C)(C)C(C)(C)C)sc45)c32)CC1(C)COC1CCCCO1. The van der Waals surface area contributed by atoms with Crippen LogP contribution in [-0.2, 0) is 25.2 Å². The van der Waals surface area contributed by atoms with E-state index in [1.165, 1.54) is 0 Å². The quantitative estimate of drug-likeness (QED) is 0.210. The molecule has 0 N–H and O–H groups in total. The summed E-state index contributed by atoms with van der Waals surface area (Å²) in [6.07, 6.45) is 4.83. The molecule has 2 saturated heterocycles. The zero-order chi connectivity index (χ0) is 36.8. The van der Waals surface area contributed by atoms with Crippen molar-refractivity contribution in [3.8, 4) is 22.9 Å². The number of hydrogen-bond acceptors (Lipinski definition) is 10. The van der Waals surface area contributed by atoms with Gasteiger partial charge in [0.15, 0.2) is 14.6 Å². The van der Waals surface area contributed by atoms with Crippen molar-refractivity contribution in [1.82, 2.24) is 9.88 Å². The van der Waals surface area contributed by atoms with E-state index in [-0.39, 0.29) is 23.5 Å². The van der Waals surface area contributed by atoms with Crippen LogP contribution in [0.1, 0.15) is 84.6 Å². The molecule has 3 aliphatic heterocycles. The molecule has 3 aliphatic rings. The highest BCUT2D eigenvalue weighted by atomic mass is 32.1. The van der Waals surface area contributed by atoms with Gasteiger partial charge in [0.05, 0.1) is 52.8 Å². The second-order valence-corrected chi connectivity index (χ2v) is 22.9. The molecule has 5 heterocycles. The minimum Gasteiger partial charge on any atom is -0.489 e. The molecule has 0 spiro atoms. The first-order valence-electron chi connectivity index (χ1n) is 18.2. The third kappa shape index (κ3) is 8.08. The number of anilines is 1. The Balaban J connectivity index is 1.36. The fraction of sp³-hybridized carbons (Fsp3) is 0.615. The van der Waals surface area contributed by atoms with E-state index in [0.29, 0.717) is 57.3 Å². The minimum atomic E-state index is -1.95. The summed E-state index contributed by atoms with van der Waals surface area (Å²) in [4.78, 5) is 23.9. The van der Waals surface area contributed by atoms with Crippen LogP contribution in [0.15, 0.2) is 30.5 Å². The molecule has 3 aromatic rings. The molecular formula is C39H54N4O6SSi. The highest BCUT2D eigenvalue weighted by Gasteiger charge is 2.49. The van der Waals surface area contributed by atoms with Crippen molar-refractivity contribution in [2.45, 2.75) is 122 Å². The molecule has 0 saturated carbocycles. The van der Waals surface area contributed by atoms with Gasteiger partial charge in [0, 0.05) is 47.5 Å². The van der Waals surface area contributed by atoms with Crippen LogP contribution in [0.2, 0.25) is 18.1 Å². The van der Waals surface area contributed by atoms with Gasteiger partial charge in [-0.25, -0.2) is 4.79 Å². The van der Waals surface area contributed by atoms with Gasteiger partial charge in [-0.2, -0.15) is 5.26 Å². The average molecular weight is 735 g/mol. The monoisotopic (exact) mass is 734 g/mol. The van der Waals surface area contributed by atoms with E-state index in [0.717, 1.165) is 51.2 Å². The van der Waals surface area contributed by atoms with Gasteiger partial charge in [-0.1, -0.05) is 20.8 Å². The Bertz CT molecular complexity index is 1790. The summed E-state index contributed by atoms with van der Waals surface area (Å²) in [6.45, 7) is 22.2. The van der Waals surface area contributed by atoms with Crippen LogP contribution in [0.25, 0.3) is 21.3 Å². The summed E-state index contributed by atoms with van der Waals surface area (Å²) in [5.41, 5.74) is 3.00. The Morgan fingerprint density at radius 1 is 1.14 bits per heavy atom. The molecule has 6 rings (SSSR count). The number of thiophene rings is 1. The van der Waals surface area contributed by atoms with Gasteiger partial charge in [0.25, 0.3) is 0 Å². The standard InChI is InChI=1S/C39H54N4O6SSi/c1-37(2,3)49-36(44)43-23-27(21-39(43,7)25-47-33-12-10-11-16-46-33)42-15-17-45-32-19-26(22-40)18-30(34(32)42)29-13-14-41-31-20-28(50-35(29)31)24-48-51(8,9)38(4,5)6/h13-14,18-20,27,33H,10-12,15-17,21,23-25H2,1-9H3. The topological polar surface area (TPSA) is 106 Å². The molecule has 2 aromatic heterocycles. The van der Waals surface area contributed by atoms with Gasteiger partial charge in [0.1, 0.15) is 18.0 Å². The zero-order valence-corrected chi connectivity index (χ0v) is 33.6. The summed E-state index contributed by atoms with van der Waals surface area (Å²) in [7, 11) is -1.95. The normalized spacial score (nSPS) is 22.8. The maximum Gasteiger partial charge on any atom is 0.410 e. The molecule has 0 radical (unpaired) electrons. The summed E-state index contributed by atoms with van der Waals surface area (Å²) in [5, 5.41) is 10.2. The Morgan fingerprint density at radius 2 is 1.92 bits per heavy atom. The van der Waals surface area contributed by atoms with Gasteiger partial charge >= 0.3 is 6.09 Å². The number of amides is 1. The molecule has 2 fully saturated rings. The first-order chi connectivity index (χ1) is 24.0. The molecule has 51 heavy (non-hydrogen) atoms. The van der Waals surface area contributed by atoms with Gasteiger partial charge in [-0.15, -0.1) is 11.3 Å². The van der Waals surface area contributed by atoms with Crippen molar-refractivity contribution in [1.29, 1.82) is 5.26 Å². The summed E-state index contributed by atoms with van der Waals surface area (Å²) >= 11 is 1.69. The number of carbonyl (C=O) groups excluding carboxylic acids is 1. The zero-order valence-electron chi connectivity index (χ0n) is 31.8. The van der Waals surface area contributed by atoms with Crippen LogP contribution in [0.3, 0.4) is 0 Å². The number of aromatic nitrogens is 1. The Morgan fingerprint density at radius 3 is 2.61 bits per heavy atom. The van der Waals surface area contributed by atoms with Crippen molar-refractivity contribution in [3.63, 3.8) is 0 Å². The molecule has 3 atom stereocenters. The predicted molar refractivity (Wildman–Crippen MR) is 204 cm³/mol. The lowest BCUT2D eigenvalue weighted by molar-refractivity contribution is -0.177. The Kier molecular flexibility index (Phi) is 10.5. The predicted octanol–water partition coefficient (Wildman–Crippen LogP) is 8.87. The van der Waals surface area contributed by atoms with E-state index in [1.54, 1.807) is 11.3 Å². The number of pyridine rings is 1. The second-order valence-electron chi connectivity index (χ2n) is 16.9. The molecule has 1 amide bonds. The maximum absolute atomic E-state index is 13.8. The largest absolute Gasteiger partial charge is 0.489 e. The molecule has 1 aromatic carbocycles. The minimum absolute atomic E-state index is 0.0538. The van der Waals surface area contributed by atoms with Crippen molar-refractivity contribution in [2.75, 3.05) is 37.8 Å². The molecule has 10 nitrogen and oxygen atoms in total. The van der Waals surface area contributed by atoms with Crippen molar-refractivity contribution < 1.29 is 28.2 Å². The summed E-state index contributed by atoms with van der Waals surface area (Å²) < 4.78 is 32.1. The van der Waals surface area contributed by atoms with Crippen molar-refractivity contribution >= 4 is 41.7 Å². The van der Waals surface area contributed by atoms with E-state index in [9.17, 15) is 10.1 Å². The van der Waals surface area contributed by atoms with E-state index >= 15 is 0 Å². The molecule has 276 valence electrons. The van der Waals surface area contributed by atoms with Crippen LogP contribution >= 0.6 is 11.3 Å². The highest BCUT2D eigenvalue weighted by Crippen LogP contribution is 2.48. The van der Waals surface area contributed by atoms with Crippen LogP contribution in [0.4, 0.5) is 10.5 Å². The maximum atomic E-state index is 13.8. The molecule has 12 heteroatoms. The van der Waals surface area contributed by atoms with Gasteiger partial charge in [-0.05, 0) is 89.7 Å². The van der Waals surface area contributed by atoms with Gasteiger partial charge in [0.2, 0.25) is 0 Å². The van der Waals surface area contributed by atoms with Gasteiger partial charge in [-0.3, -0.25) is 9.88 Å². The molecular weight excluding hydrogens is 681 g/mol. The van der Waals surface area contributed by atoms with E-state index in [1.807, 2.05) is 50.1 Å².